The maximum Gasteiger partial charge on any atom is 0.185 e. The van der Waals surface area contributed by atoms with E-state index in [0.717, 1.165) is 18.1 Å². The summed E-state index contributed by atoms with van der Waals surface area (Å²) in [6, 6.07) is 0. The number of aryl methyl sites for hydroxylation is 1. The van der Waals surface area contributed by atoms with Crippen molar-refractivity contribution in [3.63, 3.8) is 0 Å². The summed E-state index contributed by atoms with van der Waals surface area (Å²) in [5.41, 5.74) is 0. The molecule has 1 rings (SSSR count). The van der Waals surface area contributed by atoms with E-state index in [0.29, 0.717) is 0 Å². The fourth-order valence-corrected chi connectivity index (χ4v) is 1.38. The van der Waals surface area contributed by atoms with Gasteiger partial charge in [0.2, 0.25) is 0 Å². The van der Waals surface area contributed by atoms with E-state index in [4.69, 9.17) is 5.11 Å². The predicted molar refractivity (Wildman–Crippen MR) is 48.1 cm³/mol. The molecule has 0 saturated heterocycles. The van der Waals surface area contributed by atoms with Crippen molar-refractivity contribution in [2.24, 2.45) is 0 Å². The zero-order valence-corrected chi connectivity index (χ0v) is 8.08. The molecule has 1 aromatic rings. The van der Waals surface area contributed by atoms with Gasteiger partial charge in [0.25, 0.3) is 0 Å². The molecular weight excluding hydrogens is 174 g/mol. The second kappa shape index (κ2) is 4.47. The van der Waals surface area contributed by atoms with Crippen molar-refractivity contribution in [2.75, 3.05) is 6.26 Å². The first-order chi connectivity index (χ1) is 5.74. The number of aliphatic hydroxyl groups excluding tert-OH is 1. The molecule has 0 aliphatic carbocycles. The molecule has 0 fully saturated rings. The number of nitrogens with zero attached hydrogens (tertiary/aromatic N) is 3. The summed E-state index contributed by atoms with van der Waals surface area (Å²) in [6.07, 6.45) is 3.94. The number of thioether (sulfide) groups is 1. The van der Waals surface area contributed by atoms with Gasteiger partial charge in [-0.25, -0.2) is 9.67 Å². The SMILES string of the molecule is CSc1ncnn1CCC(C)O. The molecule has 0 aromatic carbocycles. The minimum atomic E-state index is -0.274. The van der Waals surface area contributed by atoms with Gasteiger partial charge in [-0.05, 0) is 19.6 Å². The zero-order valence-electron chi connectivity index (χ0n) is 7.27. The van der Waals surface area contributed by atoms with Gasteiger partial charge < -0.3 is 5.11 Å². The van der Waals surface area contributed by atoms with Gasteiger partial charge in [-0.2, -0.15) is 5.10 Å². The lowest BCUT2D eigenvalue weighted by Crippen LogP contribution is -2.08. The highest BCUT2D eigenvalue weighted by molar-refractivity contribution is 7.98. The number of rotatable bonds is 4. The van der Waals surface area contributed by atoms with Gasteiger partial charge in [0.1, 0.15) is 6.33 Å². The molecule has 0 saturated carbocycles. The van der Waals surface area contributed by atoms with Crippen LogP contribution in [0.25, 0.3) is 0 Å². The predicted octanol–water partition coefficient (Wildman–Crippen LogP) is 0.771. The normalized spacial score (nSPS) is 13.2. The second-order valence-electron chi connectivity index (χ2n) is 2.61. The number of aromatic nitrogens is 3. The van der Waals surface area contributed by atoms with Gasteiger partial charge in [0.05, 0.1) is 6.10 Å². The first-order valence-electron chi connectivity index (χ1n) is 3.84. The number of aliphatic hydroxyl groups is 1. The molecule has 0 bridgehead atoms. The Kier molecular flexibility index (Phi) is 3.55. The summed E-state index contributed by atoms with van der Waals surface area (Å²) < 4.78 is 1.80. The molecule has 0 spiro atoms. The molecule has 0 aliphatic heterocycles. The van der Waals surface area contributed by atoms with Crippen LogP contribution < -0.4 is 0 Å². The van der Waals surface area contributed by atoms with Crippen molar-refractivity contribution in [3.05, 3.63) is 6.33 Å². The van der Waals surface area contributed by atoms with E-state index in [-0.39, 0.29) is 6.10 Å². The third-order valence-corrected chi connectivity index (χ3v) is 2.20. The summed E-state index contributed by atoms with van der Waals surface area (Å²) in [4.78, 5) is 4.05. The Hall–Kier alpha value is -0.550. The Morgan fingerprint density at radius 2 is 2.50 bits per heavy atom. The largest absolute Gasteiger partial charge is 0.393 e. The molecule has 68 valence electrons. The second-order valence-corrected chi connectivity index (χ2v) is 3.38. The average molecular weight is 187 g/mol. The van der Waals surface area contributed by atoms with Gasteiger partial charge >= 0.3 is 0 Å². The molecule has 1 aromatic heterocycles. The van der Waals surface area contributed by atoms with Crippen LogP contribution in [0.4, 0.5) is 0 Å². The highest BCUT2D eigenvalue weighted by Gasteiger charge is 2.03. The van der Waals surface area contributed by atoms with E-state index in [1.807, 2.05) is 6.26 Å². The topological polar surface area (TPSA) is 50.9 Å². The van der Waals surface area contributed by atoms with Crippen LogP contribution in [-0.4, -0.2) is 32.2 Å². The average Bonchev–Trinajstić information content (AvgIpc) is 2.47. The van der Waals surface area contributed by atoms with Crippen LogP contribution >= 0.6 is 11.8 Å². The van der Waals surface area contributed by atoms with Gasteiger partial charge in [-0.15, -0.1) is 0 Å². The van der Waals surface area contributed by atoms with Crippen LogP contribution in [0.1, 0.15) is 13.3 Å². The van der Waals surface area contributed by atoms with E-state index in [1.54, 1.807) is 23.4 Å². The highest BCUT2D eigenvalue weighted by Crippen LogP contribution is 2.10. The molecule has 1 N–H and O–H groups in total. The molecule has 5 heteroatoms. The smallest absolute Gasteiger partial charge is 0.185 e. The van der Waals surface area contributed by atoms with Gasteiger partial charge in [-0.3, -0.25) is 0 Å². The Morgan fingerprint density at radius 1 is 1.75 bits per heavy atom. The Morgan fingerprint density at radius 3 is 3.08 bits per heavy atom. The summed E-state index contributed by atoms with van der Waals surface area (Å²) in [7, 11) is 0. The molecule has 1 atom stereocenters. The standard InChI is InChI=1S/C7H13N3OS/c1-6(11)3-4-10-7(12-2)8-5-9-10/h5-6,11H,3-4H2,1-2H3. The first-order valence-corrected chi connectivity index (χ1v) is 5.06. The summed E-state index contributed by atoms with van der Waals surface area (Å²) in [6.45, 7) is 2.50. The van der Waals surface area contributed by atoms with E-state index >= 15 is 0 Å². The highest BCUT2D eigenvalue weighted by atomic mass is 32.2. The van der Waals surface area contributed by atoms with E-state index < -0.39 is 0 Å². The minimum absolute atomic E-state index is 0.274. The molecule has 0 amide bonds. The quantitative estimate of drug-likeness (QED) is 0.707. The molecule has 4 nitrogen and oxygen atoms in total. The third-order valence-electron chi connectivity index (χ3n) is 1.52. The van der Waals surface area contributed by atoms with Crippen molar-refractivity contribution < 1.29 is 5.11 Å². The van der Waals surface area contributed by atoms with Gasteiger partial charge in [-0.1, -0.05) is 11.8 Å². The molecule has 0 radical (unpaired) electrons. The molecule has 0 aliphatic rings. The zero-order chi connectivity index (χ0) is 8.97. The van der Waals surface area contributed by atoms with Crippen LogP contribution in [-0.2, 0) is 6.54 Å². The third kappa shape index (κ3) is 2.49. The Bertz CT molecular complexity index is 236. The van der Waals surface area contributed by atoms with Crippen LogP contribution in [0.3, 0.4) is 0 Å². The molecule has 12 heavy (non-hydrogen) atoms. The fraction of sp³-hybridized carbons (Fsp3) is 0.714. The van der Waals surface area contributed by atoms with Crippen LogP contribution in [0.2, 0.25) is 0 Å². The van der Waals surface area contributed by atoms with Gasteiger partial charge in [0, 0.05) is 6.54 Å². The van der Waals surface area contributed by atoms with E-state index in [9.17, 15) is 0 Å². The van der Waals surface area contributed by atoms with Crippen LogP contribution in [0.5, 0.6) is 0 Å². The Balaban J connectivity index is 2.50. The maximum atomic E-state index is 9.05. The van der Waals surface area contributed by atoms with E-state index in [2.05, 4.69) is 10.1 Å². The maximum absolute atomic E-state index is 9.05. The van der Waals surface area contributed by atoms with Crippen molar-refractivity contribution in [1.29, 1.82) is 0 Å². The van der Waals surface area contributed by atoms with E-state index in [1.165, 1.54) is 6.33 Å². The Labute approximate surface area is 76.0 Å². The number of hydrogen-bond donors (Lipinski definition) is 1. The first kappa shape index (κ1) is 9.54. The van der Waals surface area contributed by atoms with Crippen molar-refractivity contribution in [3.8, 4) is 0 Å². The lowest BCUT2D eigenvalue weighted by Gasteiger charge is -2.05. The minimum Gasteiger partial charge on any atom is -0.393 e. The fourth-order valence-electron chi connectivity index (χ4n) is 0.874. The number of hydrogen-bond acceptors (Lipinski definition) is 4. The van der Waals surface area contributed by atoms with Crippen molar-refractivity contribution in [2.45, 2.75) is 31.1 Å². The molecule has 1 heterocycles. The van der Waals surface area contributed by atoms with Crippen LogP contribution in [0, 0.1) is 0 Å². The lowest BCUT2D eigenvalue weighted by molar-refractivity contribution is 0.174. The molecule has 1 unspecified atom stereocenters. The monoisotopic (exact) mass is 187 g/mol. The van der Waals surface area contributed by atoms with Gasteiger partial charge in [0.15, 0.2) is 5.16 Å². The lowest BCUT2D eigenvalue weighted by atomic mass is 10.3. The summed E-state index contributed by atoms with van der Waals surface area (Å²) >= 11 is 1.56. The molecular formula is C7H13N3OS. The summed E-state index contributed by atoms with van der Waals surface area (Å²) in [5.74, 6) is 0. The van der Waals surface area contributed by atoms with Crippen molar-refractivity contribution in [1.82, 2.24) is 14.8 Å². The van der Waals surface area contributed by atoms with Crippen LogP contribution in [0.15, 0.2) is 11.5 Å². The van der Waals surface area contributed by atoms with Crippen molar-refractivity contribution >= 4 is 11.8 Å². The summed E-state index contributed by atoms with van der Waals surface area (Å²) in [5, 5.41) is 14.0.